The predicted molar refractivity (Wildman–Crippen MR) is 86.0 cm³/mol. The Labute approximate surface area is 134 Å². The van der Waals surface area contributed by atoms with Crippen molar-refractivity contribution < 1.29 is 4.79 Å². The number of likely N-dealkylation sites (tertiary alicyclic amines) is 1. The topological polar surface area (TPSA) is 55.4 Å². The summed E-state index contributed by atoms with van der Waals surface area (Å²) in [6, 6.07) is 6.19. The zero-order chi connectivity index (χ0) is 15.6. The first-order valence-electron chi connectivity index (χ1n) is 7.97. The lowest BCUT2D eigenvalue weighted by atomic mass is 10.1. The Kier molecular flexibility index (Phi) is 3.57. The highest BCUT2D eigenvalue weighted by molar-refractivity contribution is 5.78. The third kappa shape index (κ3) is 2.84. The Morgan fingerprint density at radius 2 is 2.26 bits per heavy atom. The van der Waals surface area contributed by atoms with Crippen LogP contribution in [-0.2, 0) is 11.2 Å². The summed E-state index contributed by atoms with van der Waals surface area (Å²) in [5, 5.41) is 0. The lowest BCUT2D eigenvalue weighted by Crippen LogP contribution is -2.41. The molecule has 6 nitrogen and oxygen atoms in total. The number of carbonyl (C=O) groups excluding carboxylic acids is 1. The van der Waals surface area contributed by atoms with E-state index in [0.29, 0.717) is 12.5 Å². The first-order valence-corrected chi connectivity index (χ1v) is 7.97. The zero-order valence-electron chi connectivity index (χ0n) is 12.9. The molecule has 1 aliphatic rings. The number of aromatic nitrogens is 4. The molecule has 6 heteroatoms. The average molecular weight is 309 g/mol. The zero-order valence-corrected chi connectivity index (χ0v) is 12.9. The predicted octanol–water partition coefficient (Wildman–Crippen LogP) is 1.94. The molecule has 0 N–H and O–H groups in total. The summed E-state index contributed by atoms with van der Waals surface area (Å²) >= 11 is 0. The van der Waals surface area contributed by atoms with Gasteiger partial charge < -0.3 is 13.9 Å². The lowest BCUT2D eigenvalue weighted by molar-refractivity contribution is -0.132. The van der Waals surface area contributed by atoms with E-state index in [9.17, 15) is 4.79 Å². The summed E-state index contributed by atoms with van der Waals surface area (Å²) in [5.74, 6) is 0.151. The quantitative estimate of drug-likeness (QED) is 0.743. The van der Waals surface area contributed by atoms with E-state index in [1.165, 1.54) is 0 Å². The summed E-state index contributed by atoms with van der Waals surface area (Å²) < 4.78 is 4.05. The monoisotopic (exact) mass is 309 g/mol. The van der Waals surface area contributed by atoms with E-state index in [-0.39, 0.29) is 5.91 Å². The van der Waals surface area contributed by atoms with Crippen LogP contribution in [0.5, 0.6) is 0 Å². The van der Waals surface area contributed by atoms with Crippen LogP contribution in [0.4, 0.5) is 0 Å². The van der Waals surface area contributed by atoms with Crippen LogP contribution in [0.15, 0.2) is 49.3 Å². The van der Waals surface area contributed by atoms with Crippen molar-refractivity contribution in [2.45, 2.75) is 25.3 Å². The van der Waals surface area contributed by atoms with Crippen molar-refractivity contribution in [1.29, 1.82) is 0 Å². The second kappa shape index (κ2) is 5.87. The molecule has 0 unspecified atom stereocenters. The fourth-order valence-electron chi connectivity index (χ4n) is 3.25. The number of hydrogen-bond acceptors (Lipinski definition) is 3. The number of nitrogens with zero attached hydrogens (tertiary/aromatic N) is 5. The van der Waals surface area contributed by atoms with E-state index in [1.807, 2.05) is 52.4 Å². The van der Waals surface area contributed by atoms with Crippen molar-refractivity contribution in [3.05, 3.63) is 55.0 Å². The summed E-state index contributed by atoms with van der Waals surface area (Å²) in [6.45, 7) is 1.58. The lowest BCUT2D eigenvalue weighted by Gasteiger charge is -2.33. The van der Waals surface area contributed by atoms with Gasteiger partial charge in [-0.05, 0) is 25.0 Å². The molecular formula is C17H19N5O. The normalized spacial score (nSPS) is 18.4. The Morgan fingerprint density at radius 1 is 1.30 bits per heavy atom. The highest BCUT2D eigenvalue weighted by Gasteiger charge is 2.24. The molecule has 118 valence electrons. The molecule has 23 heavy (non-hydrogen) atoms. The Balaban J connectivity index is 1.45. The van der Waals surface area contributed by atoms with E-state index >= 15 is 0 Å². The first kappa shape index (κ1) is 14.0. The second-order valence-electron chi connectivity index (χ2n) is 6.02. The number of piperidine rings is 1. The van der Waals surface area contributed by atoms with Crippen LogP contribution in [0, 0.1) is 0 Å². The molecule has 0 aromatic carbocycles. The Bertz CT molecular complexity index is 774. The van der Waals surface area contributed by atoms with Gasteiger partial charge in [-0.25, -0.2) is 9.97 Å². The van der Waals surface area contributed by atoms with Crippen molar-refractivity contribution in [1.82, 2.24) is 23.8 Å². The molecule has 0 spiro atoms. The fraction of sp³-hybridized carbons (Fsp3) is 0.353. The van der Waals surface area contributed by atoms with Gasteiger partial charge in [0.2, 0.25) is 5.91 Å². The van der Waals surface area contributed by atoms with Crippen LogP contribution in [0.3, 0.4) is 0 Å². The van der Waals surface area contributed by atoms with Gasteiger partial charge in [0.05, 0.1) is 24.5 Å². The fourth-order valence-corrected chi connectivity index (χ4v) is 3.25. The summed E-state index contributed by atoms with van der Waals surface area (Å²) in [6.07, 6.45) is 12.0. The minimum absolute atomic E-state index is 0.151. The molecule has 4 heterocycles. The van der Waals surface area contributed by atoms with Gasteiger partial charge in [-0.2, -0.15) is 0 Å². The standard InChI is InChI=1S/C17H19N5O/c23-17(10-14-11-20-7-2-1-5-16(20)19-14)21-8-3-4-15(12-21)22-9-6-18-13-22/h1-2,5-7,9,11,13,15H,3-4,8,10,12H2/t15-/m1/s1. The largest absolute Gasteiger partial charge is 0.340 e. The van der Waals surface area contributed by atoms with Gasteiger partial charge in [-0.15, -0.1) is 0 Å². The minimum atomic E-state index is 0.151. The number of rotatable bonds is 3. The number of imidazole rings is 2. The second-order valence-corrected chi connectivity index (χ2v) is 6.02. The number of carbonyl (C=O) groups is 1. The molecule has 1 fully saturated rings. The van der Waals surface area contributed by atoms with Crippen molar-refractivity contribution in [3.63, 3.8) is 0 Å². The van der Waals surface area contributed by atoms with Crippen LogP contribution in [0.2, 0.25) is 0 Å². The minimum Gasteiger partial charge on any atom is -0.340 e. The highest BCUT2D eigenvalue weighted by Crippen LogP contribution is 2.21. The van der Waals surface area contributed by atoms with Crippen molar-refractivity contribution >= 4 is 11.6 Å². The van der Waals surface area contributed by atoms with Crippen molar-refractivity contribution in [2.24, 2.45) is 0 Å². The van der Waals surface area contributed by atoms with Crippen molar-refractivity contribution in [3.8, 4) is 0 Å². The number of hydrogen-bond donors (Lipinski definition) is 0. The third-order valence-corrected chi connectivity index (χ3v) is 4.44. The molecule has 1 aliphatic heterocycles. The van der Waals surface area contributed by atoms with Crippen LogP contribution in [-0.4, -0.2) is 42.8 Å². The van der Waals surface area contributed by atoms with Gasteiger partial charge in [0, 0.05) is 37.9 Å². The van der Waals surface area contributed by atoms with Gasteiger partial charge in [-0.1, -0.05) is 6.07 Å². The number of pyridine rings is 1. The summed E-state index contributed by atoms with van der Waals surface area (Å²) in [5.41, 5.74) is 1.70. The van der Waals surface area contributed by atoms with Gasteiger partial charge in [-0.3, -0.25) is 4.79 Å². The van der Waals surface area contributed by atoms with Crippen LogP contribution in [0.1, 0.15) is 24.6 Å². The molecule has 0 bridgehead atoms. The summed E-state index contributed by atoms with van der Waals surface area (Å²) in [4.78, 5) is 23.2. The number of fused-ring (bicyclic) bond motifs is 1. The van der Waals surface area contributed by atoms with Crippen LogP contribution < -0.4 is 0 Å². The van der Waals surface area contributed by atoms with Gasteiger partial charge in [0.1, 0.15) is 5.65 Å². The third-order valence-electron chi connectivity index (χ3n) is 4.44. The average Bonchev–Trinajstić information content (AvgIpc) is 3.24. The summed E-state index contributed by atoms with van der Waals surface area (Å²) in [7, 11) is 0. The van der Waals surface area contributed by atoms with E-state index in [2.05, 4.69) is 14.5 Å². The molecule has 4 rings (SSSR count). The van der Waals surface area contributed by atoms with E-state index < -0.39 is 0 Å². The molecule has 1 amide bonds. The maximum atomic E-state index is 12.6. The van der Waals surface area contributed by atoms with Crippen LogP contribution in [0.25, 0.3) is 5.65 Å². The van der Waals surface area contributed by atoms with Gasteiger partial charge in [0.25, 0.3) is 0 Å². The van der Waals surface area contributed by atoms with Gasteiger partial charge >= 0.3 is 0 Å². The molecule has 1 atom stereocenters. The molecule has 1 saturated heterocycles. The molecule has 0 radical (unpaired) electrons. The molecule has 0 aliphatic carbocycles. The first-order chi connectivity index (χ1) is 11.3. The van der Waals surface area contributed by atoms with Crippen molar-refractivity contribution in [2.75, 3.05) is 13.1 Å². The molecule has 3 aromatic rings. The molecular weight excluding hydrogens is 290 g/mol. The van der Waals surface area contributed by atoms with Gasteiger partial charge in [0.15, 0.2) is 0 Å². The Morgan fingerprint density at radius 3 is 3.09 bits per heavy atom. The molecule has 0 saturated carbocycles. The maximum Gasteiger partial charge on any atom is 0.228 e. The SMILES string of the molecule is O=C(Cc1cn2ccccc2n1)N1CCC[C@@H](n2ccnc2)C1. The van der Waals surface area contributed by atoms with E-state index in [4.69, 9.17) is 0 Å². The maximum absolute atomic E-state index is 12.6. The van der Waals surface area contributed by atoms with E-state index in [0.717, 1.165) is 37.3 Å². The Hall–Kier alpha value is -2.63. The van der Waals surface area contributed by atoms with E-state index in [1.54, 1.807) is 6.20 Å². The highest BCUT2D eigenvalue weighted by atomic mass is 16.2. The molecule has 3 aromatic heterocycles. The van der Waals surface area contributed by atoms with Crippen LogP contribution >= 0.6 is 0 Å². The smallest absolute Gasteiger partial charge is 0.228 e. The number of amides is 1.